The van der Waals surface area contributed by atoms with Crippen molar-refractivity contribution in [3.8, 4) is 11.3 Å². The Balaban J connectivity index is 1.96. The summed E-state index contributed by atoms with van der Waals surface area (Å²) in [5.41, 5.74) is 1.60. The summed E-state index contributed by atoms with van der Waals surface area (Å²) in [5, 5.41) is 4.54. The number of nitrogens with one attached hydrogen (secondary N) is 1. The van der Waals surface area contributed by atoms with E-state index in [9.17, 15) is 0 Å². The van der Waals surface area contributed by atoms with Gasteiger partial charge in [-0.3, -0.25) is 0 Å². The van der Waals surface area contributed by atoms with E-state index in [0.29, 0.717) is 22.0 Å². The molecule has 0 unspecified atom stereocenters. The minimum atomic E-state index is 0.523. The van der Waals surface area contributed by atoms with E-state index < -0.39 is 0 Å². The zero-order chi connectivity index (χ0) is 12.5. The molecule has 0 bridgehead atoms. The van der Waals surface area contributed by atoms with Gasteiger partial charge in [-0.1, -0.05) is 23.2 Å². The number of halogens is 2. The first-order valence-electron chi connectivity index (χ1n) is 5.77. The highest BCUT2D eigenvalue weighted by atomic mass is 35.5. The summed E-state index contributed by atoms with van der Waals surface area (Å²) < 4.78 is 0. The van der Waals surface area contributed by atoms with E-state index in [-0.39, 0.29) is 0 Å². The quantitative estimate of drug-likeness (QED) is 0.922. The maximum Gasteiger partial charge on any atom is 0.223 e. The third-order valence-electron chi connectivity index (χ3n) is 2.77. The summed E-state index contributed by atoms with van der Waals surface area (Å²) in [6.45, 7) is 0. The highest BCUT2D eigenvalue weighted by Gasteiger charge is 2.22. The van der Waals surface area contributed by atoms with Crippen molar-refractivity contribution in [1.29, 1.82) is 0 Å². The Morgan fingerprint density at radius 2 is 2.00 bits per heavy atom. The minimum absolute atomic E-state index is 0.523. The van der Waals surface area contributed by atoms with Crippen LogP contribution in [0, 0.1) is 0 Å². The standard InChI is InChI=1S/C13H11Cl2N3/c14-8-1-4-11(15)10(7-8)12-5-6-16-13(18-12)17-9-2-3-9/h1,4-7,9H,2-3H2,(H,16,17,18). The number of aromatic nitrogens is 2. The number of anilines is 1. The lowest BCUT2D eigenvalue weighted by Gasteiger charge is -2.07. The van der Waals surface area contributed by atoms with Crippen LogP contribution in [0.3, 0.4) is 0 Å². The van der Waals surface area contributed by atoms with Crippen LogP contribution in [-0.2, 0) is 0 Å². The van der Waals surface area contributed by atoms with Gasteiger partial charge in [0.05, 0.1) is 10.7 Å². The molecule has 1 aromatic carbocycles. The molecule has 92 valence electrons. The van der Waals surface area contributed by atoms with Gasteiger partial charge in [0.15, 0.2) is 0 Å². The summed E-state index contributed by atoms with van der Waals surface area (Å²) >= 11 is 12.1. The molecule has 1 aliphatic carbocycles. The Labute approximate surface area is 115 Å². The molecule has 1 fully saturated rings. The Bertz CT molecular complexity index is 582. The van der Waals surface area contributed by atoms with Crippen LogP contribution in [0.1, 0.15) is 12.8 Å². The van der Waals surface area contributed by atoms with Gasteiger partial charge in [0.2, 0.25) is 5.95 Å². The highest BCUT2D eigenvalue weighted by molar-refractivity contribution is 6.35. The fraction of sp³-hybridized carbons (Fsp3) is 0.231. The van der Waals surface area contributed by atoms with Crippen LogP contribution in [0.2, 0.25) is 10.0 Å². The van der Waals surface area contributed by atoms with Crippen molar-refractivity contribution in [2.45, 2.75) is 18.9 Å². The van der Waals surface area contributed by atoms with E-state index in [4.69, 9.17) is 23.2 Å². The van der Waals surface area contributed by atoms with Gasteiger partial charge in [0.1, 0.15) is 0 Å². The lowest BCUT2D eigenvalue weighted by molar-refractivity contribution is 1.06. The molecule has 0 atom stereocenters. The van der Waals surface area contributed by atoms with Gasteiger partial charge in [-0.15, -0.1) is 0 Å². The summed E-state index contributed by atoms with van der Waals surface area (Å²) in [4.78, 5) is 8.66. The zero-order valence-electron chi connectivity index (χ0n) is 9.53. The average molecular weight is 280 g/mol. The third kappa shape index (κ3) is 2.57. The van der Waals surface area contributed by atoms with Crippen LogP contribution in [0.15, 0.2) is 30.5 Å². The second-order valence-corrected chi connectivity index (χ2v) is 5.15. The topological polar surface area (TPSA) is 37.8 Å². The lowest BCUT2D eigenvalue weighted by Crippen LogP contribution is -2.05. The molecule has 0 aliphatic heterocycles. The van der Waals surface area contributed by atoms with Gasteiger partial charge >= 0.3 is 0 Å². The van der Waals surface area contributed by atoms with Crippen LogP contribution < -0.4 is 5.32 Å². The first kappa shape index (κ1) is 11.8. The molecule has 1 aliphatic rings. The Morgan fingerprint density at radius 1 is 1.17 bits per heavy atom. The van der Waals surface area contributed by atoms with Gasteiger partial charge in [0, 0.05) is 22.8 Å². The second-order valence-electron chi connectivity index (χ2n) is 4.31. The smallest absolute Gasteiger partial charge is 0.223 e. The number of benzene rings is 1. The molecule has 5 heteroatoms. The fourth-order valence-electron chi connectivity index (χ4n) is 1.68. The van der Waals surface area contributed by atoms with Gasteiger partial charge in [-0.2, -0.15) is 0 Å². The maximum absolute atomic E-state index is 6.16. The van der Waals surface area contributed by atoms with Crippen molar-refractivity contribution in [2.75, 3.05) is 5.32 Å². The molecular weight excluding hydrogens is 269 g/mol. The highest BCUT2D eigenvalue weighted by Crippen LogP contribution is 2.30. The third-order valence-corrected chi connectivity index (χ3v) is 3.34. The zero-order valence-corrected chi connectivity index (χ0v) is 11.0. The molecule has 0 saturated heterocycles. The molecule has 1 aromatic heterocycles. The SMILES string of the molecule is Clc1ccc(Cl)c(-c2ccnc(NC3CC3)n2)c1. The fourth-order valence-corrected chi connectivity index (χ4v) is 2.07. The van der Waals surface area contributed by atoms with Crippen LogP contribution in [0.25, 0.3) is 11.3 Å². The summed E-state index contributed by atoms with van der Waals surface area (Å²) in [6.07, 6.45) is 4.10. The van der Waals surface area contributed by atoms with Gasteiger partial charge in [-0.05, 0) is 37.1 Å². The maximum atomic E-state index is 6.16. The predicted octanol–water partition coefficient (Wildman–Crippen LogP) is 4.02. The van der Waals surface area contributed by atoms with Gasteiger partial charge in [0.25, 0.3) is 0 Å². The molecule has 3 rings (SSSR count). The Kier molecular flexibility index (Phi) is 3.10. The predicted molar refractivity (Wildman–Crippen MR) is 74.1 cm³/mol. The van der Waals surface area contributed by atoms with E-state index in [1.165, 1.54) is 12.8 Å². The molecule has 1 N–H and O–H groups in total. The van der Waals surface area contributed by atoms with Crippen molar-refractivity contribution in [1.82, 2.24) is 9.97 Å². The molecule has 3 nitrogen and oxygen atoms in total. The summed E-state index contributed by atoms with van der Waals surface area (Å²) in [7, 11) is 0. The molecule has 2 aromatic rings. The average Bonchev–Trinajstić information content (AvgIpc) is 3.16. The summed E-state index contributed by atoms with van der Waals surface area (Å²) in [6, 6.07) is 7.70. The summed E-state index contributed by atoms with van der Waals surface area (Å²) in [5.74, 6) is 0.644. The van der Waals surface area contributed by atoms with Crippen LogP contribution in [-0.4, -0.2) is 16.0 Å². The van der Waals surface area contributed by atoms with E-state index in [2.05, 4.69) is 15.3 Å². The van der Waals surface area contributed by atoms with Gasteiger partial charge in [-0.25, -0.2) is 9.97 Å². The molecule has 0 amide bonds. The van der Waals surface area contributed by atoms with Gasteiger partial charge < -0.3 is 5.32 Å². The van der Waals surface area contributed by atoms with E-state index >= 15 is 0 Å². The number of hydrogen-bond donors (Lipinski definition) is 1. The second kappa shape index (κ2) is 4.75. The Morgan fingerprint density at radius 3 is 2.78 bits per heavy atom. The molecule has 0 radical (unpaired) electrons. The molecule has 1 saturated carbocycles. The first-order chi connectivity index (χ1) is 8.72. The Hall–Kier alpha value is -1.32. The van der Waals surface area contributed by atoms with Crippen LogP contribution in [0.4, 0.5) is 5.95 Å². The van der Waals surface area contributed by atoms with E-state index in [1.807, 2.05) is 12.1 Å². The van der Waals surface area contributed by atoms with Crippen molar-refractivity contribution < 1.29 is 0 Å². The molecule has 0 spiro atoms. The van der Waals surface area contributed by atoms with Crippen molar-refractivity contribution in [3.63, 3.8) is 0 Å². The van der Waals surface area contributed by atoms with Crippen LogP contribution >= 0.6 is 23.2 Å². The first-order valence-corrected chi connectivity index (χ1v) is 6.53. The monoisotopic (exact) mass is 279 g/mol. The molecular formula is C13H11Cl2N3. The van der Waals surface area contributed by atoms with E-state index in [0.717, 1.165) is 11.3 Å². The van der Waals surface area contributed by atoms with Crippen LogP contribution in [0.5, 0.6) is 0 Å². The normalized spacial score (nSPS) is 14.6. The number of nitrogens with zero attached hydrogens (tertiary/aromatic N) is 2. The number of rotatable bonds is 3. The minimum Gasteiger partial charge on any atom is -0.351 e. The van der Waals surface area contributed by atoms with Crippen molar-refractivity contribution in [2.24, 2.45) is 0 Å². The number of hydrogen-bond acceptors (Lipinski definition) is 3. The largest absolute Gasteiger partial charge is 0.351 e. The van der Waals surface area contributed by atoms with Crippen molar-refractivity contribution >= 4 is 29.2 Å². The van der Waals surface area contributed by atoms with Crippen molar-refractivity contribution in [3.05, 3.63) is 40.5 Å². The lowest BCUT2D eigenvalue weighted by atomic mass is 10.1. The molecule has 18 heavy (non-hydrogen) atoms. The van der Waals surface area contributed by atoms with E-state index in [1.54, 1.807) is 18.3 Å². The molecule has 1 heterocycles.